The first-order valence-corrected chi connectivity index (χ1v) is 5.60. The van der Waals surface area contributed by atoms with E-state index in [0.29, 0.717) is 5.88 Å². The van der Waals surface area contributed by atoms with Crippen molar-refractivity contribution < 1.29 is 9.53 Å². The van der Waals surface area contributed by atoms with Crippen LogP contribution in [0.5, 0.6) is 5.88 Å². The van der Waals surface area contributed by atoms with Crippen molar-refractivity contribution in [2.75, 3.05) is 7.11 Å². The standard InChI is InChI=1S/C14H15NO2/c1-9(2)14(16)11-5-4-10-7-13(17-3)15-8-12(10)6-11/h4-9H,1-3H3. The van der Waals surface area contributed by atoms with Crippen LogP contribution in [0, 0.1) is 5.92 Å². The molecule has 0 fully saturated rings. The van der Waals surface area contributed by atoms with Crippen molar-refractivity contribution in [1.82, 2.24) is 4.98 Å². The summed E-state index contributed by atoms with van der Waals surface area (Å²) in [4.78, 5) is 16.0. The van der Waals surface area contributed by atoms with Gasteiger partial charge < -0.3 is 4.74 Å². The lowest BCUT2D eigenvalue weighted by Crippen LogP contribution is -2.07. The van der Waals surface area contributed by atoms with E-state index in [9.17, 15) is 4.79 Å². The summed E-state index contributed by atoms with van der Waals surface area (Å²) in [6, 6.07) is 7.52. The number of benzene rings is 1. The quantitative estimate of drug-likeness (QED) is 0.759. The highest BCUT2D eigenvalue weighted by Gasteiger charge is 2.10. The lowest BCUT2D eigenvalue weighted by Gasteiger charge is -2.06. The number of fused-ring (bicyclic) bond motifs is 1. The number of pyridine rings is 1. The van der Waals surface area contributed by atoms with Gasteiger partial charge in [-0.25, -0.2) is 4.98 Å². The number of Topliss-reactive ketones (excluding diaryl/α,β-unsaturated/α-hetero) is 1. The predicted molar refractivity (Wildman–Crippen MR) is 67.5 cm³/mol. The third-order valence-corrected chi connectivity index (χ3v) is 2.71. The lowest BCUT2D eigenvalue weighted by molar-refractivity contribution is 0.0939. The molecule has 0 saturated heterocycles. The van der Waals surface area contributed by atoms with E-state index in [-0.39, 0.29) is 11.7 Å². The van der Waals surface area contributed by atoms with Crippen LogP contribution < -0.4 is 4.74 Å². The van der Waals surface area contributed by atoms with E-state index in [1.807, 2.05) is 38.1 Å². The second kappa shape index (κ2) is 4.53. The third-order valence-electron chi connectivity index (χ3n) is 2.71. The molecule has 1 aromatic carbocycles. The molecule has 0 spiro atoms. The smallest absolute Gasteiger partial charge is 0.213 e. The molecule has 1 aromatic heterocycles. The van der Waals surface area contributed by atoms with Crippen LogP contribution in [0.4, 0.5) is 0 Å². The Morgan fingerprint density at radius 3 is 2.65 bits per heavy atom. The van der Waals surface area contributed by atoms with E-state index in [1.54, 1.807) is 13.3 Å². The fourth-order valence-electron chi connectivity index (χ4n) is 1.72. The number of hydrogen-bond donors (Lipinski definition) is 0. The maximum atomic E-state index is 11.9. The number of carbonyl (C=O) groups is 1. The number of nitrogens with zero attached hydrogens (tertiary/aromatic N) is 1. The zero-order valence-corrected chi connectivity index (χ0v) is 10.2. The van der Waals surface area contributed by atoms with Gasteiger partial charge >= 0.3 is 0 Å². The predicted octanol–water partition coefficient (Wildman–Crippen LogP) is 3.08. The van der Waals surface area contributed by atoms with Crippen molar-refractivity contribution in [3.8, 4) is 5.88 Å². The minimum absolute atomic E-state index is 0.0126. The molecule has 0 unspecified atom stereocenters. The van der Waals surface area contributed by atoms with Crippen molar-refractivity contribution in [1.29, 1.82) is 0 Å². The second-order valence-corrected chi connectivity index (χ2v) is 4.31. The highest BCUT2D eigenvalue weighted by atomic mass is 16.5. The molecule has 3 heteroatoms. The van der Waals surface area contributed by atoms with E-state index in [2.05, 4.69) is 4.98 Å². The number of rotatable bonds is 3. The van der Waals surface area contributed by atoms with Crippen LogP contribution in [0.25, 0.3) is 10.8 Å². The maximum Gasteiger partial charge on any atom is 0.213 e. The Hall–Kier alpha value is -1.90. The van der Waals surface area contributed by atoms with E-state index >= 15 is 0 Å². The fraction of sp³-hybridized carbons (Fsp3) is 0.286. The fourth-order valence-corrected chi connectivity index (χ4v) is 1.72. The van der Waals surface area contributed by atoms with Gasteiger partial charge in [-0.2, -0.15) is 0 Å². The zero-order valence-electron chi connectivity index (χ0n) is 10.2. The Morgan fingerprint density at radius 2 is 2.00 bits per heavy atom. The summed E-state index contributed by atoms with van der Waals surface area (Å²) in [6.07, 6.45) is 1.73. The molecular weight excluding hydrogens is 214 g/mol. The van der Waals surface area contributed by atoms with Gasteiger partial charge in [0, 0.05) is 29.1 Å². The van der Waals surface area contributed by atoms with Gasteiger partial charge in [-0.3, -0.25) is 4.79 Å². The Bertz CT molecular complexity index is 561. The topological polar surface area (TPSA) is 39.2 Å². The molecule has 1 heterocycles. The molecule has 2 rings (SSSR count). The normalized spacial score (nSPS) is 10.8. The highest BCUT2D eigenvalue weighted by Crippen LogP contribution is 2.20. The molecular formula is C14H15NO2. The molecule has 0 bridgehead atoms. The summed E-state index contributed by atoms with van der Waals surface area (Å²) >= 11 is 0. The average Bonchev–Trinajstić information content (AvgIpc) is 2.36. The number of methoxy groups -OCH3 is 1. The van der Waals surface area contributed by atoms with Crippen LogP contribution in [0.1, 0.15) is 24.2 Å². The molecule has 0 amide bonds. The molecule has 0 N–H and O–H groups in total. The molecule has 2 aromatic rings. The number of aromatic nitrogens is 1. The molecule has 0 aliphatic heterocycles. The largest absolute Gasteiger partial charge is 0.481 e. The summed E-state index contributed by atoms with van der Waals surface area (Å²) in [5, 5.41) is 1.98. The molecule has 0 radical (unpaired) electrons. The lowest BCUT2D eigenvalue weighted by atomic mass is 9.99. The number of ether oxygens (including phenoxy) is 1. The highest BCUT2D eigenvalue weighted by molar-refractivity contribution is 6.00. The van der Waals surface area contributed by atoms with Gasteiger partial charge in [0.15, 0.2) is 5.78 Å². The van der Waals surface area contributed by atoms with E-state index in [4.69, 9.17) is 4.74 Å². The molecule has 17 heavy (non-hydrogen) atoms. The number of carbonyl (C=O) groups excluding carboxylic acids is 1. The van der Waals surface area contributed by atoms with Gasteiger partial charge in [-0.15, -0.1) is 0 Å². The van der Waals surface area contributed by atoms with Gasteiger partial charge in [-0.05, 0) is 11.5 Å². The third kappa shape index (κ3) is 2.28. The van der Waals surface area contributed by atoms with Crippen LogP contribution in [0.15, 0.2) is 30.5 Å². The van der Waals surface area contributed by atoms with Crippen LogP contribution in [-0.2, 0) is 0 Å². The van der Waals surface area contributed by atoms with Crippen molar-refractivity contribution in [3.05, 3.63) is 36.0 Å². The summed E-state index contributed by atoms with van der Waals surface area (Å²) in [5.41, 5.74) is 0.736. The molecule has 0 aliphatic carbocycles. The number of ketones is 1. The molecule has 0 aliphatic rings. The van der Waals surface area contributed by atoms with Crippen molar-refractivity contribution in [3.63, 3.8) is 0 Å². The van der Waals surface area contributed by atoms with Gasteiger partial charge in [0.2, 0.25) is 5.88 Å². The molecule has 0 saturated carbocycles. The zero-order chi connectivity index (χ0) is 12.4. The first-order chi connectivity index (χ1) is 8.11. The first-order valence-electron chi connectivity index (χ1n) is 5.60. The number of hydrogen-bond acceptors (Lipinski definition) is 3. The van der Waals surface area contributed by atoms with E-state index in [1.165, 1.54) is 0 Å². The van der Waals surface area contributed by atoms with Gasteiger partial charge in [0.1, 0.15) is 0 Å². The molecule has 0 atom stereocenters. The van der Waals surface area contributed by atoms with Crippen molar-refractivity contribution >= 4 is 16.6 Å². The Morgan fingerprint density at radius 1 is 1.24 bits per heavy atom. The van der Waals surface area contributed by atoms with E-state index < -0.39 is 0 Å². The Kier molecular flexibility index (Phi) is 3.09. The summed E-state index contributed by atoms with van der Waals surface area (Å²) in [6.45, 7) is 3.80. The van der Waals surface area contributed by atoms with Crippen LogP contribution in [0.2, 0.25) is 0 Å². The van der Waals surface area contributed by atoms with Gasteiger partial charge in [-0.1, -0.05) is 26.0 Å². The van der Waals surface area contributed by atoms with Gasteiger partial charge in [0.05, 0.1) is 7.11 Å². The Balaban J connectivity index is 2.48. The van der Waals surface area contributed by atoms with Crippen LogP contribution >= 0.6 is 0 Å². The SMILES string of the molecule is COc1cc2ccc(C(=O)C(C)C)cc2cn1. The molecule has 3 nitrogen and oxygen atoms in total. The Labute approximate surface area is 100 Å². The van der Waals surface area contributed by atoms with Gasteiger partial charge in [0.25, 0.3) is 0 Å². The average molecular weight is 229 g/mol. The van der Waals surface area contributed by atoms with Crippen LogP contribution in [0.3, 0.4) is 0 Å². The first kappa shape index (κ1) is 11.6. The minimum atomic E-state index is 0.0126. The van der Waals surface area contributed by atoms with E-state index in [0.717, 1.165) is 16.3 Å². The van der Waals surface area contributed by atoms with Crippen LogP contribution in [-0.4, -0.2) is 17.9 Å². The second-order valence-electron chi connectivity index (χ2n) is 4.31. The molecule has 88 valence electrons. The maximum absolute atomic E-state index is 11.9. The summed E-state index contributed by atoms with van der Waals surface area (Å²) in [7, 11) is 1.59. The van der Waals surface area contributed by atoms with Crippen molar-refractivity contribution in [2.24, 2.45) is 5.92 Å². The van der Waals surface area contributed by atoms with Crippen molar-refractivity contribution in [2.45, 2.75) is 13.8 Å². The monoisotopic (exact) mass is 229 g/mol. The minimum Gasteiger partial charge on any atom is -0.481 e. The summed E-state index contributed by atoms with van der Waals surface area (Å²) < 4.78 is 5.06. The summed E-state index contributed by atoms with van der Waals surface area (Å²) in [5.74, 6) is 0.752.